The number of nitrogens with zero attached hydrogens (tertiary/aromatic N) is 1. The Morgan fingerprint density at radius 1 is 0.952 bits per heavy atom. The lowest BCUT2D eigenvalue weighted by atomic mass is 9.45. The third-order valence-electron chi connectivity index (χ3n) is 8.44. The molecule has 0 spiro atoms. The van der Waals surface area contributed by atoms with Gasteiger partial charge in [0.05, 0.1) is 5.71 Å². The molecule has 0 aliphatic heterocycles. The molecule has 4 aliphatic carbocycles. The van der Waals surface area contributed by atoms with E-state index < -0.39 is 0 Å². The summed E-state index contributed by atoms with van der Waals surface area (Å²) in [5.74, 6) is 3.65. The molecule has 0 bridgehead atoms. The van der Waals surface area contributed by atoms with Gasteiger partial charge in [0.1, 0.15) is 0 Å². The largest absolute Gasteiger partial charge is 0.411 e. The van der Waals surface area contributed by atoms with Gasteiger partial charge in [0.2, 0.25) is 0 Å². The summed E-state index contributed by atoms with van der Waals surface area (Å²) < 4.78 is 0. The van der Waals surface area contributed by atoms with Crippen LogP contribution in [0.1, 0.15) is 78.1 Å². The maximum Gasteiger partial charge on any atom is 0.0632 e. The van der Waals surface area contributed by atoms with Crippen LogP contribution in [0.2, 0.25) is 0 Å². The number of hydrogen-bond acceptors (Lipinski definition) is 2. The van der Waals surface area contributed by atoms with Gasteiger partial charge in [0, 0.05) is 5.41 Å². The Kier molecular flexibility index (Phi) is 3.17. The van der Waals surface area contributed by atoms with E-state index in [1.807, 2.05) is 0 Å². The summed E-state index contributed by atoms with van der Waals surface area (Å²) in [4.78, 5) is 0. The van der Waals surface area contributed by atoms with Gasteiger partial charge in [-0.25, -0.2) is 0 Å². The fourth-order valence-electron chi connectivity index (χ4n) is 7.25. The molecule has 4 saturated carbocycles. The van der Waals surface area contributed by atoms with Crippen LogP contribution >= 0.6 is 0 Å². The highest BCUT2D eigenvalue weighted by atomic mass is 16.4. The highest BCUT2D eigenvalue weighted by Gasteiger charge is 2.59. The molecule has 21 heavy (non-hydrogen) atoms. The van der Waals surface area contributed by atoms with E-state index in [1.165, 1.54) is 57.8 Å². The van der Waals surface area contributed by atoms with Crippen molar-refractivity contribution in [1.82, 2.24) is 0 Å². The summed E-state index contributed by atoms with van der Waals surface area (Å²) in [6, 6.07) is 0. The van der Waals surface area contributed by atoms with Gasteiger partial charge in [0.25, 0.3) is 0 Å². The summed E-state index contributed by atoms with van der Waals surface area (Å²) in [5, 5.41) is 13.1. The molecule has 4 fully saturated rings. The fraction of sp³-hybridized carbons (Fsp3) is 0.947. The zero-order chi connectivity index (χ0) is 14.7. The molecule has 118 valence electrons. The molecule has 4 aliphatic rings. The molecule has 2 heteroatoms. The normalized spacial score (nSPS) is 54.9. The zero-order valence-corrected chi connectivity index (χ0v) is 13.8. The fourth-order valence-corrected chi connectivity index (χ4v) is 7.25. The first-order chi connectivity index (χ1) is 10.1. The van der Waals surface area contributed by atoms with Crippen LogP contribution in [-0.4, -0.2) is 10.9 Å². The smallest absolute Gasteiger partial charge is 0.0632 e. The van der Waals surface area contributed by atoms with E-state index in [2.05, 4.69) is 19.0 Å². The number of fused-ring (bicyclic) bond motifs is 5. The van der Waals surface area contributed by atoms with Crippen LogP contribution in [0.3, 0.4) is 0 Å². The summed E-state index contributed by atoms with van der Waals surface area (Å²) in [7, 11) is 0. The molecule has 0 aromatic rings. The van der Waals surface area contributed by atoms with Crippen molar-refractivity contribution in [3.63, 3.8) is 0 Å². The lowest BCUT2D eigenvalue weighted by Crippen LogP contribution is -2.52. The maximum absolute atomic E-state index is 9.39. The van der Waals surface area contributed by atoms with Crippen LogP contribution in [0.25, 0.3) is 0 Å². The van der Waals surface area contributed by atoms with Crippen LogP contribution in [0.4, 0.5) is 0 Å². The Hall–Kier alpha value is -0.530. The van der Waals surface area contributed by atoms with Gasteiger partial charge in [-0.1, -0.05) is 31.8 Å². The Morgan fingerprint density at radius 3 is 2.62 bits per heavy atom. The van der Waals surface area contributed by atoms with E-state index in [-0.39, 0.29) is 5.41 Å². The lowest BCUT2D eigenvalue weighted by molar-refractivity contribution is -0.0938. The Bertz CT molecular complexity index is 458. The first-order valence-electron chi connectivity index (χ1n) is 9.31. The molecular weight excluding hydrogens is 258 g/mol. The van der Waals surface area contributed by atoms with Gasteiger partial charge < -0.3 is 5.21 Å². The standard InChI is InChI=1S/C19H31NO/c1-18-11-4-3-5-13(18)6-7-14-15-8-9-17(20-21)19(15,2)12-10-16(14)18/h13-16,21H,3-12H2,1-2H3. The molecule has 4 rings (SSSR count). The first kappa shape index (κ1) is 14.1. The highest BCUT2D eigenvalue weighted by Crippen LogP contribution is 2.65. The van der Waals surface area contributed by atoms with Crippen LogP contribution < -0.4 is 0 Å². The Morgan fingerprint density at radius 2 is 1.81 bits per heavy atom. The third kappa shape index (κ3) is 1.80. The van der Waals surface area contributed by atoms with Crippen LogP contribution in [0, 0.1) is 34.5 Å². The van der Waals surface area contributed by atoms with Gasteiger partial charge in [-0.15, -0.1) is 0 Å². The molecule has 0 saturated heterocycles. The molecule has 0 aromatic heterocycles. The minimum Gasteiger partial charge on any atom is -0.411 e. The Balaban J connectivity index is 1.66. The van der Waals surface area contributed by atoms with E-state index >= 15 is 0 Å². The van der Waals surface area contributed by atoms with Gasteiger partial charge >= 0.3 is 0 Å². The van der Waals surface area contributed by atoms with Crippen molar-refractivity contribution in [2.75, 3.05) is 0 Å². The van der Waals surface area contributed by atoms with Gasteiger partial charge in [-0.05, 0) is 80.5 Å². The highest BCUT2D eigenvalue weighted by molar-refractivity contribution is 5.91. The zero-order valence-electron chi connectivity index (χ0n) is 13.8. The monoisotopic (exact) mass is 289 g/mol. The summed E-state index contributed by atoms with van der Waals surface area (Å²) in [6.07, 6.45) is 13.8. The van der Waals surface area contributed by atoms with Crippen LogP contribution in [-0.2, 0) is 0 Å². The van der Waals surface area contributed by atoms with Crippen molar-refractivity contribution in [3.8, 4) is 0 Å². The van der Waals surface area contributed by atoms with Gasteiger partial charge in [-0.2, -0.15) is 0 Å². The van der Waals surface area contributed by atoms with Crippen molar-refractivity contribution >= 4 is 5.71 Å². The summed E-state index contributed by atoms with van der Waals surface area (Å²) in [5.41, 5.74) is 1.96. The lowest BCUT2D eigenvalue weighted by Gasteiger charge is -2.59. The van der Waals surface area contributed by atoms with Gasteiger partial charge in [-0.3, -0.25) is 0 Å². The molecule has 6 atom stereocenters. The SMILES string of the molecule is CC12CCC3C(CCC4CCCCC43C)C1CCC2=NO. The minimum atomic E-state index is 0.216. The minimum absolute atomic E-state index is 0.216. The van der Waals surface area contributed by atoms with Crippen molar-refractivity contribution in [1.29, 1.82) is 0 Å². The first-order valence-corrected chi connectivity index (χ1v) is 9.31. The second-order valence-corrected chi connectivity index (χ2v) is 8.94. The summed E-state index contributed by atoms with van der Waals surface area (Å²) in [6.45, 7) is 5.03. The molecule has 2 nitrogen and oxygen atoms in total. The van der Waals surface area contributed by atoms with E-state index in [1.54, 1.807) is 0 Å². The Labute approximate surface area is 129 Å². The van der Waals surface area contributed by atoms with Crippen molar-refractivity contribution in [2.24, 2.45) is 39.7 Å². The molecule has 0 radical (unpaired) electrons. The molecule has 0 aromatic carbocycles. The van der Waals surface area contributed by atoms with Gasteiger partial charge in [0.15, 0.2) is 0 Å². The van der Waals surface area contributed by atoms with E-state index in [0.29, 0.717) is 5.41 Å². The molecular formula is C19H31NO. The predicted molar refractivity (Wildman–Crippen MR) is 85.6 cm³/mol. The maximum atomic E-state index is 9.39. The second kappa shape index (κ2) is 4.73. The average Bonchev–Trinajstić information content (AvgIpc) is 2.83. The number of oxime groups is 1. The van der Waals surface area contributed by atoms with Crippen molar-refractivity contribution in [3.05, 3.63) is 0 Å². The van der Waals surface area contributed by atoms with E-state index in [9.17, 15) is 5.21 Å². The van der Waals surface area contributed by atoms with Crippen LogP contribution in [0.15, 0.2) is 5.16 Å². The third-order valence-corrected chi connectivity index (χ3v) is 8.44. The number of rotatable bonds is 0. The van der Waals surface area contributed by atoms with E-state index in [4.69, 9.17) is 0 Å². The molecule has 0 heterocycles. The summed E-state index contributed by atoms with van der Waals surface area (Å²) >= 11 is 0. The topological polar surface area (TPSA) is 32.6 Å². The molecule has 1 N–H and O–H groups in total. The average molecular weight is 289 g/mol. The molecule has 0 amide bonds. The molecule has 6 unspecified atom stereocenters. The predicted octanol–water partition coefficient (Wildman–Crippen LogP) is 5.25. The quantitative estimate of drug-likeness (QED) is 0.479. The van der Waals surface area contributed by atoms with E-state index in [0.717, 1.165) is 35.8 Å². The van der Waals surface area contributed by atoms with Crippen LogP contribution in [0.5, 0.6) is 0 Å². The number of hydrogen-bond donors (Lipinski definition) is 1. The van der Waals surface area contributed by atoms with Crippen molar-refractivity contribution in [2.45, 2.75) is 78.1 Å². The second-order valence-electron chi connectivity index (χ2n) is 8.94. The van der Waals surface area contributed by atoms with Crippen molar-refractivity contribution < 1.29 is 5.21 Å².